The minimum Gasteiger partial charge on any atom is -0.463 e. The summed E-state index contributed by atoms with van der Waals surface area (Å²) >= 11 is 0. The van der Waals surface area contributed by atoms with E-state index in [1.807, 2.05) is 13.0 Å². The Labute approximate surface area is 116 Å². The van der Waals surface area contributed by atoms with Gasteiger partial charge in [-0.2, -0.15) is 0 Å². The summed E-state index contributed by atoms with van der Waals surface area (Å²) in [5.41, 5.74) is 3.69. The van der Waals surface area contributed by atoms with Crippen LogP contribution in [0.5, 0.6) is 0 Å². The Kier molecular flexibility index (Phi) is 5.81. The van der Waals surface area contributed by atoms with Gasteiger partial charge in [0, 0.05) is 6.08 Å². The number of carbonyl (C=O) groups excluding carboxylic acids is 1. The molecule has 0 spiro atoms. The van der Waals surface area contributed by atoms with Crippen LogP contribution < -0.4 is 0 Å². The first-order valence-corrected chi connectivity index (χ1v) is 6.95. The molecule has 19 heavy (non-hydrogen) atoms. The molecular formula is C17H24O2. The zero-order chi connectivity index (χ0) is 14.4. The summed E-state index contributed by atoms with van der Waals surface area (Å²) in [4.78, 5) is 11.5. The average Bonchev–Trinajstić information content (AvgIpc) is 2.35. The lowest BCUT2D eigenvalue weighted by Crippen LogP contribution is -2.02. The van der Waals surface area contributed by atoms with Gasteiger partial charge in [0.2, 0.25) is 0 Å². The van der Waals surface area contributed by atoms with E-state index < -0.39 is 0 Å². The van der Waals surface area contributed by atoms with Gasteiger partial charge in [-0.3, -0.25) is 0 Å². The topological polar surface area (TPSA) is 26.3 Å². The molecule has 1 rings (SSSR count). The fraction of sp³-hybridized carbons (Fsp3) is 0.471. The van der Waals surface area contributed by atoms with Crippen molar-refractivity contribution < 1.29 is 9.53 Å². The standard InChI is InChI=1S/C17H24O2/c1-6-19-17(18)11-10-16-14(12(2)3)8-7-9-15(16)13(4)5/h7-13H,6H2,1-5H3/b11-10+. The van der Waals surface area contributed by atoms with Crippen LogP contribution in [0.3, 0.4) is 0 Å². The maximum atomic E-state index is 11.5. The number of carbonyl (C=O) groups is 1. The van der Waals surface area contributed by atoms with Crippen molar-refractivity contribution in [1.29, 1.82) is 0 Å². The largest absolute Gasteiger partial charge is 0.463 e. The van der Waals surface area contributed by atoms with Crippen molar-refractivity contribution in [2.24, 2.45) is 0 Å². The predicted octanol–water partition coefficient (Wildman–Crippen LogP) is 4.51. The van der Waals surface area contributed by atoms with E-state index in [4.69, 9.17) is 4.74 Å². The van der Waals surface area contributed by atoms with Gasteiger partial charge >= 0.3 is 5.97 Å². The molecule has 0 aliphatic rings. The van der Waals surface area contributed by atoms with Gasteiger partial charge in [-0.15, -0.1) is 0 Å². The maximum absolute atomic E-state index is 11.5. The highest BCUT2D eigenvalue weighted by Crippen LogP contribution is 2.28. The smallest absolute Gasteiger partial charge is 0.330 e. The quantitative estimate of drug-likeness (QED) is 0.575. The van der Waals surface area contributed by atoms with E-state index >= 15 is 0 Å². The number of hydrogen-bond acceptors (Lipinski definition) is 2. The summed E-state index contributed by atoms with van der Waals surface area (Å²) in [6.45, 7) is 10.9. The highest BCUT2D eigenvalue weighted by atomic mass is 16.5. The number of hydrogen-bond donors (Lipinski definition) is 0. The van der Waals surface area contributed by atoms with E-state index in [1.165, 1.54) is 17.2 Å². The van der Waals surface area contributed by atoms with Crippen LogP contribution in [-0.2, 0) is 9.53 Å². The van der Waals surface area contributed by atoms with Crippen LogP contribution in [0.25, 0.3) is 6.08 Å². The fourth-order valence-corrected chi connectivity index (χ4v) is 2.14. The van der Waals surface area contributed by atoms with Crippen molar-refractivity contribution in [1.82, 2.24) is 0 Å². The molecule has 0 amide bonds. The molecule has 0 aliphatic carbocycles. The molecule has 0 fully saturated rings. The molecular weight excluding hydrogens is 236 g/mol. The van der Waals surface area contributed by atoms with E-state index in [-0.39, 0.29) is 5.97 Å². The molecule has 0 heterocycles. The SMILES string of the molecule is CCOC(=O)/C=C/c1c(C(C)C)cccc1C(C)C. The van der Waals surface area contributed by atoms with Crippen molar-refractivity contribution >= 4 is 12.0 Å². The highest BCUT2D eigenvalue weighted by molar-refractivity contribution is 5.87. The van der Waals surface area contributed by atoms with Crippen molar-refractivity contribution in [2.45, 2.75) is 46.5 Å². The fourth-order valence-electron chi connectivity index (χ4n) is 2.14. The van der Waals surface area contributed by atoms with Gasteiger partial charge in [-0.1, -0.05) is 45.9 Å². The average molecular weight is 260 g/mol. The van der Waals surface area contributed by atoms with E-state index in [2.05, 4.69) is 45.9 Å². The third-order valence-corrected chi connectivity index (χ3v) is 3.09. The Morgan fingerprint density at radius 3 is 2.11 bits per heavy atom. The molecule has 1 aromatic rings. The first kappa shape index (κ1) is 15.5. The predicted molar refractivity (Wildman–Crippen MR) is 80.3 cm³/mol. The molecule has 0 N–H and O–H groups in total. The molecule has 0 aliphatic heterocycles. The molecule has 2 nitrogen and oxygen atoms in total. The monoisotopic (exact) mass is 260 g/mol. The van der Waals surface area contributed by atoms with Crippen LogP contribution in [-0.4, -0.2) is 12.6 Å². The van der Waals surface area contributed by atoms with E-state index in [0.29, 0.717) is 18.4 Å². The van der Waals surface area contributed by atoms with Crippen LogP contribution >= 0.6 is 0 Å². The second-order valence-electron chi connectivity index (χ2n) is 5.24. The zero-order valence-electron chi connectivity index (χ0n) is 12.6. The minimum atomic E-state index is -0.282. The van der Waals surface area contributed by atoms with Gasteiger partial charge in [0.1, 0.15) is 0 Å². The van der Waals surface area contributed by atoms with Gasteiger partial charge in [-0.05, 0) is 41.5 Å². The lowest BCUT2D eigenvalue weighted by molar-refractivity contribution is -0.137. The summed E-state index contributed by atoms with van der Waals surface area (Å²) in [6.07, 6.45) is 3.42. The molecule has 0 aromatic heterocycles. The Morgan fingerprint density at radius 1 is 1.16 bits per heavy atom. The van der Waals surface area contributed by atoms with Crippen LogP contribution in [0.4, 0.5) is 0 Å². The minimum absolute atomic E-state index is 0.282. The van der Waals surface area contributed by atoms with Crippen LogP contribution in [0.2, 0.25) is 0 Å². The van der Waals surface area contributed by atoms with Gasteiger partial charge < -0.3 is 4.74 Å². The highest BCUT2D eigenvalue weighted by Gasteiger charge is 2.11. The lowest BCUT2D eigenvalue weighted by atomic mass is 9.88. The number of rotatable bonds is 5. The first-order valence-electron chi connectivity index (χ1n) is 6.95. The summed E-state index contributed by atoms with van der Waals surface area (Å²) in [5.74, 6) is 0.580. The van der Waals surface area contributed by atoms with Crippen molar-refractivity contribution in [3.63, 3.8) is 0 Å². The van der Waals surface area contributed by atoms with Gasteiger partial charge in [0.25, 0.3) is 0 Å². The summed E-state index contributed by atoms with van der Waals surface area (Å²) < 4.78 is 4.94. The van der Waals surface area contributed by atoms with Gasteiger partial charge in [0.05, 0.1) is 6.61 Å². The second-order valence-corrected chi connectivity index (χ2v) is 5.24. The third kappa shape index (κ3) is 4.23. The molecule has 104 valence electrons. The van der Waals surface area contributed by atoms with Gasteiger partial charge in [-0.25, -0.2) is 4.79 Å². The Balaban J connectivity index is 3.18. The summed E-state index contributed by atoms with van der Waals surface area (Å²) in [7, 11) is 0. The molecule has 1 aromatic carbocycles. The molecule has 0 bridgehead atoms. The second kappa shape index (κ2) is 7.13. The molecule has 0 atom stereocenters. The van der Waals surface area contributed by atoms with Crippen LogP contribution in [0.1, 0.15) is 63.1 Å². The van der Waals surface area contributed by atoms with E-state index in [1.54, 1.807) is 0 Å². The van der Waals surface area contributed by atoms with Gasteiger partial charge in [0.15, 0.2) is 0 Å². The normalized spacial score (nSPS) is 11.5. The lowest BCUT2D eigenvalue weighted by Gasteiger charge is -2.17. The zero-order valence-corrected chi connectivity index (χ0v) is 12.6. The Hall–Kier alpha value is -1.57. The molecule has 2 heteroatoms. The van der Waals surface area contributed by atoms with E-state index in [0.717, 1.165) is 5.56 Å². The van der Waals surface area contributed by atoms with Crippen LogP contribution in [0, 0.1) is 0 Å². The van der Waals surface area contributed by atoms with E-state index in [9.17, 15) is 4.79 Å². The van der Waals surface area contributed by atoms with Crippen molar-refractivity contribution in [3.8, 4) is 0 Å². The molecule has 0 unspecified atom stereocenters. The first-order chi connectivity index (χ1) is 8.97. The molecule has 0 saturated carbocycles. The molecule has 0 radical (unpaired) electrons. The van der Waals surface area contributed by atoms with Crippen LogP contribution in [0.15, 0.2) is 24.3 Å². The Bertz CT molecular complexity index is 430. The number of ether oxygens (including phenoxy) is 1. The number of benzene rings is 1. The summed E-state index contributed by atoms with van der Waals surface area (Å²) in [5, 5.41) is 0. The number of esters is 1. The van der Waals surface area contributed by atoms with Crippen molar-refractivity contribution in [2.75, 3.05) is 6.61 Å². The van der Waals surface area contributed by atoms with Crippen molar-refractivity contribution in [3.05, 3.63) is 41.0 Å². The Morgan fingerprint density at radius 2 is 1.68 bits per heavy atom. The third-order valence-electron chi connectivity index (χ3n) is 3.09. The summed E-state index contributed by atoms with van der Waals surface area (Å²) in [6, 6.07) is 6.34. The molecule has 0 saturated heterocycles. The maximum Gasteiger partial charge on any atom is 0.330 e.